The highest BCUT2D eigenvalue weighted by Gasteiger charge is 2.24. The van der Waals surface area contributed by atoms with Gasteiger partial charge in [-0.2, -0.15) is 0 Å². The van der Waals surface area contributed by atoms with E-state index >= 15 is 0 Å². The summed E-state index contributed by atoms with van der Waals surface area (Å²) in [5, 5.41) is 3.31. The van der Waals surface area contributed by atoms with Crippen LogP contribution in [-0.2, 0) is 14.3 Å². The van der Waals surface area contributed by atoms with Gasteiger partial charge in [0.2, 0.25) is 0 Å². The number of ether oxygens (including phenoxy) is 3. The molecule has 0 aromatic heterocycles. The minimum Gasteiger partial charge on any atom is -0.490 e. The molecule has 0 bridgehead atoms. The predicted octanol–water partition coefficient (Wildman–Crippen LogP) is 4.23. The molecule has 0 spiro atoms. The van der Waals surface area contributed by atoms with Crippen LogP contribution in [0.2, 0.25) is 0 Å². The monoisotopic (exact) mass is 440 g/mol. The Morgan fingerprint density at radius 2 is 1.84 bits per heavy atom. The smallest absolute Gasteiger partial charge is 0.344 e. The van der Waals surface area contributed by atoms with Crippen LogP contribution in [0.25, 0.3) is 6.08 Å². The highest BCUT2D eigenvalue weighted by atomic mass is 32.2. The van der Waals surface area contributed by atoms with Crippen LogP contribution in [0.1, 0.15) is 25.0 Å². The third-order valence-corrected chi connectivity index (χ3v) is 5.04. The van der Waals surface area contributed by atoms with Crippen LogP contribution in [0.4, 0.5) is 5.69 Å². The van der Waals surface area contributed by atoms with Crippen LogP contribution in [0, 0.1) is 6.92 Å². The number of nitrogens with one attached hydrogen (secondary N) is 1. The highest BCUT2D eigenvalue weighted by Crippen LogP contribution is 2.32. The number of benzene rings is 2. The van der Waals surface area contributed by atoms with Crippen LogP contribution in [-0.4, -0.2) is 36.9 Å². The van der Waals surface area contributed by atoms with E-state index in [-0.39, 0.29) is 12.5 Å². The van der Waals surface area contributed by atoms with Crippen molar-refractivity contribution in [2.75, 3.05) is 19.8 Å². The number of nitrogens with zero attached hydrogens (tertiary/aromatic N) is 1. The molecule has 0 unspecified atom stereocenters. The molecular formula is C23H24N2O5S. The highest BCUT2D eigenvalue weighted by molar-refractivity contribution is 8.18. The van der Waals surface area contributed by atoms with Gasteiger partial charge in [-0.15, -0.1) is 0 Å². The van der Waals surface area contributed by atoms with Gasteiger partial charge in [0.1, 0.15) is 0 Å². The summed E-state index contributed by atoms with van der Waals surface area (Å²) in [6, 6.07) is 13.0. The average Bonchev–Trinajstić information content (AvgIpc) is 3.08. The van der Waals surface area contributed by atoms with Crippen LogP contribution < -0.4 is 14.8 Å². The minimum atomic E-state index is -0.449. The number of rotatable bonds is 8. The Labute approximate surface area is 185 Å². The van der Waals surface area contributed by atoms with Gasteiger partial charge >= 0.3 is 5.97 Å². The molecule has 31 heavy (non-hydrogen) atoms. The summed E-state index contributed by atoms with van der Waals surface area (Å²) in [7, 11) is 0. The quantitative estimate of drug-likeness (QED) is 0.488. The first-order chi connectivity index (χ1) is 15.0. The molecule has 0 atom stereocenters. The van der Waals surface area contributed by atoms with Crippen molar-refractivity contribution >= 4 is 40.6 Å². The summed E-state index contributed by atoms with van der Waals surface area (Å²) < 4.78 is 16.0. The number of hydrogen-bond donors (Lipinski definition) is 1. The van der Waals surface area contributed by atoms with Gasteiger partial charge in [-0.3, -0.25) is 4.79 Å². The molecule has 162 valence electrons. The molecule has 1 saturated heterocycles. The Morgan fingerprint density at radius 3 is 2.55 bits per heavy atom. The summed E-state index contributed by atoms with van der Waals surface area (Å²) in [5.41, 5.74) is 2.69. The summed E-state index contributed by atoms with van der Waals surface area (Å²) in [4.78, 5) is 28.9. The summed E-state index contributed by atoms with van der Waals surface area (Å²) >= 11 is 1.27. The van der Waals surface area contributed by atoms with Crippen LogP contribution in [0.5, 0.6) is 11.5 Å². The second-order valence-electron chi connectivity index (χ2n) is 6.55. The molecule has 1 amide bonds. The van der Waals surface area contributed by atoms with Crippen molar-refractivity contribution < 1.29 is 23.8 Å². The molecule has 0 saturated carbocycles. The average molecular weight is 441 g/mol. The van der Waals surface area contributed by atoms with Gasteiger partial charge in [-0.05, 0) is 68.4 Å². The lowest BCUT2D eigenvalue weighted by Gasteiger charge is -2.12. The first-order valence-corrected chi connectivity index (χ1v) is 10.7. The Balaban J connectivity index is 1.75. The number of hydrogen-bond acceptors (Lipinski definition) is 7. The maximum Gasteiger partial charge on any atom is 0.344 e. The van der Waals surface area contributed by atoms with Gasteiger partial charge in [0.25, 0.3) is 5.91 Å². The number of aliphatic imine (C=N–C) groups is 1. The standard InChI is InChI=1S/C23H24N2O5S/c1-4-28-19-12-16(8-11-18(19)30-14-21(26)29-5-2)13-20-22(27)25-23(31-20)24-17-9-6-15(3)7-10-17/h6-13H,4-5,14H2,1-3H3,(H,24,25,27)/b20-13+. The summed E-state index contributed by atoms with van der Waals surface area (Å²) in [6.45, 7) is 6.12. The van der Waals surface area contributed by atoms with E-state index in [2.05, 4.69) is 10.3 Å². The molecule has 1 aliphatic heterocycles. The second kappa shape index (κ2) is 10.7. The SMILES string of the molecule is CCOC(=O)COc1ccc(/C=C2/SC(=Nc3ccc(C)cc3)NC2=O)cc1OCC. The Morgan fingerprint density at radius 1 is 1.06 bits per heavy atom. The number of carbonyl (C=O) groups is 2. The third-order valence-electron chi connectivity index (χ3n) is 4.13. The van der Waals surface area contributed by atoms with Gasteiger partial charge in [-0.1, -0.05) is 23.8 Å². The van der Waals surface area contributed by atoms with Crippen LogP contribution in [0.3, 0.4) is 0 Å². The van der Waals surface area contributed by atoms with E-state index in [0.717, 1.165) is 16.8 Å². The lowest BCUT2D eigenvalue weighted by atomic mass is 10.2. The molecule has 1 aliphatic rings. The van der Waals surface area contributed by atoms with Crippen molar-refractivity contribution in [2.45, 2.75) is 20.8 Å². The van der Waals surface area contributed by atoms with Crippen LogP contribution in [0.15, 0.2) is 52.4 Å². The fourth-order valence-corrected chi connectivity index (χ4v) is 3.55. The van der Waals surface area contributed by atoms with E-state index in [9.17, 15) is 9.59 Å². The fraction of sp³-hybridized carbons (Fsp3) is 0.261. The van der Waals surface area contributed by atoms with Crippen molar-refractivity contribution in [3.8, 4) is 11.5 Å². The van der Waals surface area contributed by atoms with Gasteiger partial charge in [-0.25, -0.2) is 9.79 Å². The van der Waals surface area contributed by atoms with E-state index in [0.29, 0.717) is 34.8 Å². The fourth-order valence-electron chi connectivity index (χ4n) is 2.71. The first-order valence-electron chi connectivity index (χ1n) is 9.90. The molecule has 2 aromatic carbocycles. The number of amidine groups is 1. The molecule has 3 rings (SSSR count). The van der Waals surface area contributed by atoms with E-state index in [1.165, 1.54) is 11.8 Å². The van der Waals surface area contributed by atoms with Crippen molar-refractivity contribution in [3.05, 3.63) is 58.5 Å². The zero-order valence-corrected chi connectivity index (χ0v) is 18.5. The third kappa shape index (κ3) is 6.36. The number of amides is 1. The molecule has 0 aliphatic carbocycles. The largest absolute Gasteiger partial charge is 0.490 e. The number of aryl methyl sites for hydroxylation is 1. The zero-order chi connectivity index (χ0) is 22.2. The lowest BCUT2D eigenvalue weighted by Crippen LogP contribution is -2.19. The molecule has 8 heteroatoms. The maximum absolute atomic E-state index is 12.4. The Kier molecular flexibility index (Phi) is 7.72. The summed E-state index contributed by atoms with van der Waals surface area (Å²) in [5.74, 6) is 0.257. The normalized spacial score (nSPS) is 15.8. The van der Waals surface area contributed by atoms with Crippen molar-refractivity contribution in [1.82, 2.24) is 5.32 Å². The van der Waals surface area contributed by atoms with E-state index in [1.54, 1.807) is 31.2 Å². The van der Waals surface area contributed by atoms with Gasteiger partial charge in [0.05, 0.1) is 23.8 Å². The first kappa shape index (κ1) is 22.4. The summed E-state index contributed by atoms with van der Waals surface area (Å²) in [6.07, 6.45) is 1.76. The van der Waals surface area contributed by atoms with Crippen molar-refractivity contribution in [2.24, 2.45) is 4.99 Å². The molecule has 1 heterocycles. The van der Waals surface area contributed by atoms with E-state index < -0.39 is 5.97 Å². The molecule has 0 radical (unpaired) electrons. The zero-order valence-electron chi connectivity index (χ0n) is 17.6. The predicted molar refractivity (Wildman–Crippen MR) is 122 cm³/mol. The molecule has 1 fully saturated rings. The minimum absolute atomic E-state index is 0.203. The lowest BCUT2D eigenvalue weighted by molar-refractivity contribution is -0.145. The topological polar surface area (TPSA) is 86.2 Å². The molecule has 7 nitrogen and oxygen atoms in total. The number of carbonyl (C=O) groups excluding carboxylic acids is 2. The molecular weight excluding hydrogens is 416 g/mol. The van der Waals surface area contributed by atoms with Crippen molar-refractivity contribution in [3.63, 3.8) is 0 Å². The van der Waals surface area contributed by atoms with Gasteiger partial charge in [0, 0.05) is 0 Å². The molecule has 2 aromatic rings. The number of esters is 1. The maximum atomic E-state index is 12.4. The van der Waals surface area contributed by atoms with E-state index in [4.69, 9.17) is 14.2 Å². The van der Waals surface area contributed by atoms with Gasteiger partial charge < -0.3 is 19.5 Å². The molecule has 1 N–H and O–H groups in total. The van der Waals surface area contributed by atoms with Gasteiger partial charge in [0.15, 0.2) is 23.3 Å². The Bertz CT molecular complexity index is 1020. The van der Waals surface area contributed by atoms with E-state index in [1.807, 2.05) is 38.1 Å². The van der Waals surface area contributed by atoms with Crippen molar-refractivity contribution in [1.29, 1.82) is 0 Å². The Hall–Kier alpha value is -3.26. The number of thioether (sulfide) groups is 1. The van der Waals surface area contributed by atoms with Crippen LogP contribution >= 0.6 is 11.8 Å². The second-order valence-corrected chi connectivity index (χ2v) is 7.58.